The van der Waals surface area contributed by atoms with Crippen molar-refractivity contribution in [2.75, 3.05) is 0 Å². The van der Waals surface area contributed by atoms with E-state index in [1.54, 1.807) is 0 Å². The molecule has 18 heavy (non-hydrogen) atoms. The van der Waals surface area contributed by atoms with Crippen LogP contribution in [0.15, 0.2) is 12.1 Å². The zero-order valence-corrected chi connectivity index (χ0v) is 11.9. The van der Waals surface area contributed by atoms with E-state index < -0.39 is 0 Å². The molecule has 1 unspecified atom stereocenters. The summed E-state index contributed by atoms with van der Waals surface area (Å²) < 4.78 is 0. The first-order valence-corrected chi connectivity index (χ1v) is 7.17. The highest BCUT2D eigenvalue weighted by Gasteiger charge is 2.26. The van der Waals surface area contributed by atoms with Crippen LogP contribution in [0.1, 0.15) is 60.4 Å². The Morgan fingerprint density at radius 2 is 1.61 bits per heavy atom. The normalized spacial score (nSPS) is 18.9. The molecule has 1 atom stereocenters. The van der Waals surface area contributed by atoms with Crippen molar-refractivity contribution >= 4 is 0 Å². The number of aryl methyl sites for hydroxylation is 3. The molecule has 0 aliphatic heterocycles. The van der Waals surface area contributed by atoms with E-state index in [0.29, 0.717) is 12.0 Å². The molecule has 1 aromatic rings. The molecule has 2 heteroatoms. The summed E-state index contributed by atoms with van der Waals surface area (Å²) in [6.07, 6.45) is 6.71. The summed E-state index contributed by atoms with van der Waals surface area (Å²) in [6.45, 7) is 6.58. The predicted molar refractivity (Wildman–Crippen MR) is 77.3 cm³/mol. The van der Waals surface area contributed by atoms with Crippen molar-refractivity contribution in [1.82, 2.24) is 5.43 Å². The van der Waals surface area contributed by atoms with Crippen LogP contribution in [0.25, 0.3) is 0 Å². The molecule has 0 radical (unpaired) electrons. The Hall–Kier alpha value is -0.860. The van der Waals surface area contributed by atoms with Gasteiger partial charge in [0.25, 0.3) is 0 Å². The van der Waals surface area contributed by atoms with Gasteiger partial charge in [-0.2, -0.15) is 0 Å². The largest absolute Gasteiger partial charge is 0.271 e. The van der Waals surface area contributed by atoms with Gasteiger partial charge in [-0.25, -0.2) is 0 Å². The van der Waals surface area contributed by atoms with Gasteiger partial charge >= 0.3 is 0 Å². The van der Waals surface area contributed by atoms with E-state index in [1.165, 1.54) is 54.4 Å². The van der Waals surface area contributed by atoms with E-state index in [9.17, 15) is 0 Å². The van der Waals surface area contributed by atoms with Crippen LogP contribution in [0.4, 0.5) is 0 Å². The lowest BCUT2D eigenvalue weighted by molar-refractivity contribution is 0.272. The fraction of sp³-hybridized carbons (Fsp3) is 0.625. The van der Waals surface area contributed by atoms with Crippen molar-refractivity contribution in [3.63, 3.8) is 0 Å². The van der Waals surface area contributed by atoms with E-state index >= 15 is 0 Å². The standard InChI is InChI=1S/C16H26N2/c1-11-9-12(2)15(13(3)10-11)16(18-17)14-7-5-4-6-8-14/h9-10,14,16,18H,4-8,17H2,1-3H3. The zero-order chi connectivity index (χ0) is 13.1. The molecule has 0 aromatic heterocycles. The fourth-order valence-electron chi connectivity index (χ4n) is 3.60. The van der Waals surface area contributed by atoms with Crippen LogP contribution >= 0.6 is 0 Å². The SMILES string of the molecule is Cc1cc(C)c(C(NN)C2CCCCC2)c(C)c1. The third-order valence-electron chi connectivity index (χ3n) is 4.35. The monoisotopic (exact) mass is 246 g/mol. The first-order chi connectivity index (χ1) is 8.63. The second kappa shape index (κ2) is 5.85. The molecule has 1 aliphatic carbocycles. The first kappa shape index (κ1) is 13.6. The Morgan fingerprint density at radius 3 is 2.11 bits per heavy atom. The van der Waals surface area contributed by atoms with Crippen LogP contribution < -0.4 is 11.3 Å². The quantitative estimate of drug-likeness (QED) is 0.630. The van der Waals surface area contributed by atoms with E-state index in [0.717, 1.165) is 0 Å². The van der Waals surface area contributed by atoms with Crippen molar-refractivity contribution in [2.45, 2.75) is 58.9 Å². The van der Waals surface area contributed by atoms with E-state index in [-0.39, 0.29) is 0 Å². The van der Waals surface area contributed by atoms with Crippen molar-refractivity contribution < 1.29 is 0 Å². The van der Waals surface area contributed by atoms with Gasteiger partial charge in [0, 0.05) is 6.04 Å². The lowest BCUT2D eigenvalue weighted by atomic mass is 9.79. The number of rotatable bonds is 3. The Kier molecular flexibility index (Phi) is 4.41. The molecule has 0 bridgehead atoms. The van der Waals surface area contributed by atoms with Crippen LogP contribution in [-0.2, 0) is 0 Å². The summed E-state index contributed by atoms with van der Waals surface area (Å²) in [5.41, 5.74) is 8.61. The van der Waals surface area contributed by atoms with Gasteiger partial charge in [0.15, 0.2) is 0 Å². The van der Waals surface area contributed by atoms with Crippen molar-refractivity contribution in [1.29, 1.82) is 0 Å². The van der Waals surface area contributed by atoms with Gasteiger partial charge in [0.1, 0.15) is 0 Å². The summed E-state index contributed by atoms with van der Waals surface area (Å²) in [4.78, 5) is 0. The molecule has 1 aromatic carbocycles. The van der Waals surface area contributed by atoms with Crippen molar-refractivity contribution in [3.8, 4) is 0 Å². The summed E-state index contributed by atoms with van der Waals surface area (Å²) in [7, 11) is 0. The summed E-state index contributed by atoms with van der Waals surface area (Å²) >= 11 is 0. The maximum Gasteiger partial charge on any atom is 0.0493 e. The molecule has 3 N–H and O–H groups in total. The van der Waals surface area contributed by atoms with E-state index in [2.05, 4.69) is 38.3 Å². The molecule has 1 saturated carbocycles. The Bertz CT molecular complexity index is 383. The second-order valence-corrected chi connectivity index (χ2v) is 5.85. The van der Waals surface area contributed by atoms with Crippen LogP contribution in [0.2, 0.25) is 0 Å². The summed E-state index contributed by atoms with van der Waals surface area (Å²) in [6, 6.07) is 4.87. The third-order valence-corrected chi connectivity index (χ3v) is 4.35. The van der Waals surface area contributed by atoms with Crippen molar-refractivity contribution in [3.05, 3.63) is 34.4 Å². The predicted octanol–water partition coefficient (Wildman–Crippen LogP) is 3.70. The molecule has 1 fully saturated rings. The fourth-order valence-corrected chi connectivity index (χ4v) is 3.60. The highest BCUT2D eigenvalue weighted by molar-refractivity contribution is 5.40. The van der Waals surface area contributed by atoms with Gasteiger partial charge in [-0.3, -0.25) is 11.3 Å². The molecule has 1 aliphatic rings. The highest BCUT2D eigenvalue weighted by Crippen LogP contribution is 2.36. The first-order valence-electron chi connectivity index (χ1n) is 7.17. The molecule has 2 rings (SSSR count). The van der Waals surface area contributed by atoms with Gasteiger partial charge < -0.3 is 0 Å². The average Bonchev–Trinajstić information content (AvgIpc) is 2.34. The summed E-state index contributed by atoms with van der Waals surface area (Å²) in [5, 5.41) is 0. The third kappa shape index (κ3) is 2.76. The molecule has 0 amide bonds. The molecule has 0 spiro atoms. The number of nitrogens with one attached hydrogen (secondary N) is 1. The molecule has 2 nitrogen and oxygen atoms in total. The zero-order valence-electron chi connectivity index (χ0n) is 11.9. The smallest absolute Gasteiger partial charge is 0.0493 e. The van der Waals surface area contributed by atoms with Crippen molar-refractivity contribution in [2.24, 2.45) is 11.8 Å². The lowest BCUT2D eigenvalue weighted by Gasteiger charge is -2.32. The number of benzene rings is 1. The van der Waals surface area contributed by atoms with Gasteiger partial charge in [-0.1, -0.05) is 37.0 Å². The molecule has 0 saturated heterocycles. The Morgan fingerprint density at radius 1 is 1.06 bits per heavy atom. The molecule has 100 valence electrons. The molecular weight excluding hydrogens is 220 g/mol. The molecule has 0 heterocycles. The maximum absolute atomic E-state index is 5.86. The topological polar surface area (TPSA) is 38.0 Å². The highest BCUT2D eigenvalue weighted by atomic mass is 15.2. The average molecular weight is 246 g/mol. The van der Waals surface area contributed by atoms with Crippen LogP contribution in [0.3, 0.4) is 0 Å². The second-order valence-electron chi connectivity index (χ2n) is 5.85. The van der Waals surface area contributed by atoms with Crippen LogP contribution in [-0.4, -0.2) is 0 Å². The van der Waals surface area contributed by atoms with Crippen LogP contribution in [0.5, 0.6) is 0 Å². The minimum absolute atomic E-state index is 0.325. The van der Waals surface area contributed by atoms with Crippen LogP contribution in [0, 0.1) is 26.7 Å². The molecular formula is C16H26N2. The van der Waals surface area contributed by atoms with Gasteiger partial charge in [0.2, 0.25) is 0 Å². The van der Waals surface area contributed by atoms with E-state index in [4.69, 9.17) is 5.84 Å². The van der Waals surface area contributed by atoms with E-state index in [1.807, 2.05) is 0 Å². The number of hydrogen-bond acceptors (Lipinski definition) is 2. The van der Waals surface area contributed by atoms with Gasteiger partial charge in [-0.05, 0) is 56.2 Å². The van der Waals surface area contributed by atoms with Gasteiger partial charge in [0.05, 0.1) is 0 Å². The number of hydrogen-bond donors (Lipinski definition) is 2. The Balaban J connectivity index is 2.32. The minimum atomic E-state index is 0.325. The van der Waals surface area contributed by atoms with Gasteiger partial charge in [-0.15, -0.1) is 0 Å². The summed E-state index contributed by atoms with van der Waals surface area (Å²) in [5.74, 6) is 6.56. The minimum Gasteiger partial charge on any atom is -0.271 e. The maximum atomic E-state index is 5.86. The number of nitrogens with two attached hydrogens (primary N) is 1. The Labute approximate surface area is 111 Å². The lowest BCUT2D eigenvalue weighted by Crippen LogP contribution is -2.35. The number of hydrazine groups is 1.